The van der Waals surface area contributed by atoms with Crippen molar-refractivity contribution < 1.29 is 8.85 Å². The van der Waals surface area contributed by atoms with Crippen molar-refractivity contribution in [3.63, 3.8) is 0 Å². The number of hydrogen-bond acceptors (Lipinski definition) is 2. The lowest BCUT2D eigenvalue weighted by molar-refractivity contribution is 0.263. The molecule has 132 valence electrons. The molecule has 1 unspecified atom stereocenters. The fourth-order valence-corrected chi connectivity index (χ4v) is 5.15. The van der Waals surface area contributed by atoms with Gasteiger partial charge in [-0.2, -0.15) is 0 Å². The second-order valence-corrected chi connectivity index (χ2v) is 8.96. The van der Waals surface area contributed by atoms with Crippen molar-refractivity contribution in [2.24, 2.45) is 0 Å². The molecule has 3 heteroatoms. The van der Waals surface area contributed by atoms with Gasteiger partial charge in [-0.3, -0.25) is 0 Å². The van der Waals surface area contributed by atoms with Crippen molar-refractivity contribution >= 4 is 9.28 Å². The molecule has 0 aliphatic heterocycles. The molecule has 0 heterocycles. The normalized spacial score (nSPS) is 12.7. The van der Waals surface area contributed by atoms with Crippen molar-refractivity contribution in [1.82, 2.24) is 0 Å². The molecule has 0 saturated carbocycles. The second kappa shape index (κ2) is 13.8. The smallest absolute Gasteiger partial charge is 0.328 e. The molecule has 23 heavy (non-hydrogen) atoms. The van der Waals surface area contributed by atoms with E-state index in [9.17, 15) is 0 Å². The first-order valence-electron chi connectivity index (χ1n) is 9.44. The Bertz CT molecular complexity index is 365. The topological polar surface area (TPSA) is 18.5 Å². The van der Waals surface area contributed by atoms with E-state index in [0.29, 0.717) is 5.54 Å². The molecule has 0 fully saturated rings. The Kier molecular flexibility index (Phi) is 12.2. The van der Waals surface area contributed by atoms with Gasteiger partial charge in [0.1, 0.15) is 0 Å². The van der Waals surface area contributed by atoms with Crippen molar-refractivity contribution in [3.05, 3.63) is 35.9 Å². The number of hydrogen-bond donors (Lipinski definition) is 0. The minimum absolute atomic E-state index is 0.468. The summed E-state index contributed by atoms with van der Waals surface area (Å²) < 4.78 is 11.3. The molecule has 1 atom stereocenters. The van der Waals surface area contributed by atoms with E-state index >= 15 is 0 Å². The highest BCUT2D eigenvalue weighted by atomic mass is 28.3. The molecule has 0 radical (unpaired) electrons. The molecule has 0 aliphatic rings. The Morgan fingerprint density at radius 1 is 0.783 bits per heavy atom. The van der Waals surface area contributed by atoms with Crippen LogP contribution < -0.4 is 0 Å². The van der Waals surface area contributed by atoms with Crippen molar-refractivity contribution in [2.45, 2.75) is 76.7 Å². The molecule has 1 aromatic rings. The first-order chi connectivity index (χ1) is 11.3. The predicted octanol–water partition coefficient (Wildman–Crippen LogP) is 5.74. The zero-order valence-electron chi connectivity index (χ0n) is 15.4. The zero-order valence-corrected chi connectivity index (χ0v) is 16.6. The molecule has 0 bridgehead atoms. The fraction of sp³-hybridized carbons (Fsp3) is 0.700. The van der Waals surface area contributed by atoms with Gasteiger partial charge in [-0.05, 0) is 12.0 Å². The molecule has 0 N–H and O–H groups in total. The summed E-state index contributed by atoms with van der Waals surface area (Å²) >= 11 is 0. The molecule has 0 saturated heterocycles. The molecule has 2 nitrogen and oxygen atoms in total. The first-order valence-corrected chi connectivity index (χ1v) is 11.0. The summed E-state index contributed by atoms with van der Waals surface area (Å²) in [6.45, 7) is 2.28. The Labute approximate surface area is 145 Å². The van der Waals surface area contributed by atoms with Gasteiger partial charge in [0.15, 0.2) is 0 Å². The molecule has 1 rings (SSSR count). The van der Waals surface area contributed by atoms with Gasteiger partial charge in [-0.15, -0.1) is 0 Å². The van der Waals surface area contributed by atoms with Crippen LogP contribution >= 0.6 is 0 Å². The SMILES string of the molecule is CCCCCCCCCCCC(c1ccccc1)[SiH](OC)OC. The van der Waals surface area contributed by atoms with Crippen LogP contribution in [0.25, 0.3) is 0 Å². The highest BCUT2D eigenvalue weighted by Gasteiger charge is 2.25. The first kappa shape index (κ1) is 20.4. The molecule has 0 amide bonds. The minimum Gasteiger partial charge on any atom is -0.400 e. The predicted molar refractivity (Wildman–Crippen MR) is 102 cm³/mol. The van der Waals surface area contributed by atoms with Crippen LogP contribution in [0.5, 0.6) is 0 Å². The monoisotopic (exact) mass is 336 g/mol. The lowest BCUT2D eigenvalue weighted by Crippen LogP contribution is -2.29. The van der Waals surface area contributed by atoms with Crippen molar-refractivity contribution in [2.75, 3.05) is 14.2 Å². The fourth-order valence-electron chi connectivity index (χ4n) is 3.26. The van der Waals surface area contributed by atoms with E-state index in [2.05, 4.69) is 37.3 Å². The lowest BCUT2D eigenvalue weighted by atomic mass is 10.0. The van der Waals surface area contributed by atoms with Gasteiger partial charge in [0.25, 0.3) is 0 Å². The molecule has 0 aromatic heterocycles. The van der Waals surface area contributed by atoms with Crippen LogP contribution in [0.1, 0.15) is 82.2 Å². The lowest BCUT2D eigenvalue weighted by Gasteiger charge is -2.23. The third-order valence-corrected chi connectivity index (χ3v) is 6.94. The van der Waals surface area contributed by atoms with Crippen LogP contribution in [0.2, 0.25) is 0 Å². The Hall–Kier alpha value is -0.643. The van der Waals surface area contributed by atoms with Gasteiger partial charge in [-0.25, -0.2) is 0 Å². The van der Waals surface area contributed by atoms with Crippen LogP contribution in [0.4, 0.5) is 0 Å². The summed E-state index contributed by atoms with van der Waals surface area (Å²) in [5.41, 5.74) is 1.85. The van der Waals surface area contributed by atoms with Gasteiger partial charge >= 0.3 is 9.28 Å². The maximum atomic E-state index is 5.67. The zero-order chi connectivity index (χ0) is 16.8. The quantitative estimate of drug-likeness (QED) is 0.318. The second-order valence-electron chi connectivity index (χ2n) is 6.47. The molecular weight excluding hydrogens is 300 g/mol. The van der Waals surface area contributed by atoms with Crippen LogP contribution in [-0.2, 0) is 8.85 Å². The summed E-state index contributed by atoms with van der Waals surface area (Å²) in [6, 6.07) is 10.8. The standard InChI is InChI=1S/C20H36O2Si/c1-4-5-6-7-8-9-10-11-15-18-20(23(21-2)22-3)19-16-13-12-14-17-19/h12-14,16-17,20,23H,4-11,15,18H2,1-3H3. The number of unbranched alkanes of at least 4 members (excludes halogenated alkanes) is 8. The van der Waals surface area contributed by atoms with Crippen molar-refractivity contribution in [3.8, 4) is 0 Å². The Balaban J connectivity index is 2.27. The Morgan fingerprint density at radius 3 is 1.83 bits per heavy atom. The van der Waals surface area contributed by atoms with Crippen LogP contribution in [0.3, 0.4) is 0 Å². The summed E-state index contributed by atoms with van der Waals surface area (Å²) in [7, 11) is 1.98. The summed E-state index contributed by atoms with van der Waals surface area (Å²) in [6.07, 6.45) is 13.6. The van der Waals surface area contributed by atoms with Crippen LogP contribution in [0, 0.1) is 0 Å². The highest BCUT2D eigenvalue weighted by molar-refractivity contribution is 6.46. The molecule has 0 aliphatic carbocycles. The van der Waals surface area contributed by atoms with E-state index in [1.807, 2.05) is 0 Å². The number of benzene rings is 1. The summed E-state index contributed by atoms with van der Waals surface area (Å²) in [5, 5.41) is 0. The van der Waals surface area contributed by atoms with E-state index < -0.39 is 9.28 Å². The largest absolute Gasteiger partial charge is 0.400 e. The van der Waals surface area contributed by atoms with Gasteiger partial charge in [0, 0.05) is 19.8 Å². The maximum Gasteiger partial charge on any atom is 0.328 e. The summed E-state index contributed by atoms with van der Waals surface area (Å²) in [5.74, 6) is 0. The molecule has 1 aromatic carbocycles. The summed E-state index contributed by atoms with van der Waals surface area (Å²) in [4.78, 5) is 0. The van der Waals surface area contributed by atoms with Gasteiger partial charge in [0.05, 0.1) is 0 Å². The van der Waals surface area contributed by atoms with Gasteiger partial charge in [0.2, 0.25) is 0 Å². The van der Waals surface area contributed by atoms with Crippen LogP contribution in [0.15, 0.2) is 30.3 Å². The number of rotatable bonds is 14. The van der Waals surface area contributed by atoms with E-state index in [0.717, 1.165) is 0 Å². The Morgan fingerprint density at radius 2 is 1.30 bits per heavy atom. The van der Waals surface area contributed by atoms with E-state index in [-0.39, 0.29) is 0 Å². The van der Waals surface area contributed by atoms with E-state index in [4.69, 9.17) is 8.85 Å². The van der Waals surface area contributed by atoms with Gasteiger partial charge < -0.3 is 8.85 Å². The highest BCUT2D eigenvalue weighted by Crippen LogP contribution is 2.26. The third kappa shape index (κ3) is 8.68. The minimum atomic E-state index is -1.61. The molecular formula is C20H36O2Si. The van der Waals surface area contributed by atoms with Crippen molar-refractivity contribution in [1.29, 1.82) is 0 Å². The molecule has 0 spiro atoms. The van der Waals surface area contributed by atoms with E-state index in [1.165, 1.54) is 69.8 Å². The maximum absolute atomic E-state index is 5.67. The average Bonchev–Trinajstić information content (AvgIpc) is 2.60. The third-order valence-electron chi connectivity index (χ3n) is 4.64. The van der Waals surface area contributed by atoms with Crippen LogP contribution in [-0.4, -0.2) is 23.5 Å². The average molecular weight is 337 g/mol. The van der Waals surface area contributed by atoms with Gasteiger partial charge in [-0.1, -0.05) is 95.0 Å². The van der Waals surface area contributed by atoms with E-state index in [1.54, 1.807) is 14.2 Å².